The van der Waals surface area contributed by atoms with Crippen molar-refractivity contribution in [2.24, 2.45) is 5.73 Å². The summed E-state index contributed by atoms with van der Waals surface area (Å²) >= 11 is 0. The molecule has 2 rings (SSSR count). The van der Waals surface area contributed by atoms with Crippen molar-refractivity contribution < 1.29 is 4.74 Å². The molecule has 4 nitrogen and oxygen atoms in total. The molecule has 2 N–H and O–H groups in total. The van der Waals surface area contributed by atoms with Gasteiger partial charge in [-0.25, -0.2) is 4.98 Å². The number of hydrogen-bond acceptors (Lipinski definition) is 4. The van der Waals surface area contributed by atoms with Gasteiger partial charge in [-0.15, -0.1) is 0 Å². The average molecular weight is 259 g/mol. The molecule has 1 unspecified atom stereocenters. The lowest BCUT2D eigenvalue weighted by molar-refractivity contribution is 0.0124. The van der Waals surface area contributed by atoms with Gasteiger partial charge >= 0.3 is 0 Å². The summed E-state index contributed by atoms with van der Waals surface area (Å²) in [5, 5.41) is 0. The van der Waals surface area contributed by atoms with Crippen LogP contribution >= 0.6 is 0 Å². The molecule has 0 saturated carbocycles. The Morgan fingerprint density at radius 3 is 2.63 bits per heavy atom. The van der Waals surface area contributed by atoms with Crippen LogP contribution in [0.5, 0.6) is 0 Å². The summed E-state index contributed by atoms with van der Waals surface area (Å²) in [6.07, 6.45) is 3.49. The van der Waals surface area contributed by atoms with Crippen LogP contribution in [0.2, 0.25) is 0 Å². The molecule has 0 saturated heterocycles. The van der Waals surface area contributed by atoms with E-state index in [2.05, 4.69) is 23.8 Å². The third kappa shape index (κ3) is 3.49. The minimum absolute atomic E-state index is 0.105. The fourth-order valence-electron chi connectivity index (χ4n) is 1.90. The lowest BCUT2D eigenvalue weighted by atomic mass is 9.98. The van der Waals surface area contributed by atoms with E-state index in [-0.39, 0.29) is 11.6 Å². The summed E-state index contributed by atoms with van der Waals surface area (Å²) in [5.74, 6) is 0. The van der Waals surface area contributed by atoms with Gasteiger partial charge in [0.15, 0.2) is 0 Å². The maximum atomic E-state index is 6.19. The molecular weight excluding hydrogens is 238 g/mol. The molecule has 0 radical (unpaired) electrons. The van der Waals surface area contributed by atoms with Crippen molar-refractivity contribution in [2.75, 3.05) is 7.11 Å². The summed E-state index contributed by atoms with van der Waals surface area (Å²) in [7, 11) is 1.72. The summed E-state index contributed by atoms with van der Waals surface area (Å²) in [4.78, 5) is 8.97. The average Bonchev–Trinajstić information content (AvgIpc) is 2.44. The predicted octanol–water partition coefficient (Wildman–Crippen LogP) is 2.83. The van der Waals surface area contributed by atoms with E-state index in [4.69, 9.17) is 10.5 Å². The van der Waals surface area contributed by atoms with Gasteiger partial charge < -0.3 is 10.5 Å². The standard InChI is InChI=1S/C15H21N3O/c1-15(2,19-3)9-8-11(16)14-10-17-12-6-4-5-7-13(12)18-14/h4-7,10-11H,8-9,16H2,1-3H3. The molecule has 102 valence electrons. The van der Waals surface area contributed by atoms with Crippen molar-refractivity contribution in [2.45, 2.75) is 38.3 Å². The van der Waals surface area contributed by atoms with Crippen LogP contribution in [0.4, 0.5) is 0 Å². The maximum Gasteiger partial charge on any atom is 0.0890 e. The van der Waals surface area contributed by atoms with Gasteiger partial charge in [0, 0.05) is 13.2 Å². The molecule has 0 aliphatic carbocycles. The number of para-hydroxylation sites is 2. The highest BCUT2D eigenvalue weighted by molar-refractivity contribution is 5.73. The van der Waals surface area contributed by atoms with Crippen LogP contribution < -0.4 is 5.73 Å². The van der Waals surface area contributed by atoms with Crippen molar-refractivity contribution in [3.8, 4) is 0 Å². The van der Waals surface area contributed by atoms with Gasteiger partial charge in [0.1, 0.15) is 0 Å². The van der Waals surface area contributed by atoms with Gasteiger partial charge in [-0.1, -0.05) is 12.1 Å². The molecule has 1 heterocycles. The normalized spacial score (nSPS) is 13.7. The molecule has 0 spiro atoms. The first-order valence-electron chi connectivity index (χ1n) is 6.54. The van der Waals surface area contributed by atoms with Gasteiger partial charge in [0.05, 0.1) is 28.5 Å². The minimum Gasteiger partial charge on any atom is -0.379 e. The number of hydrogen-bond donors (Lipinski definition) is 1. The zero-order valence-corrected chi connectivity index (χ0v) is 11.8. The summed E-state index contributed by atoms with van der Waals surface area (Å²) in [5.41, 5.74) is 8.67. The molecule has 1 atom stereocenters. The Labute approximate surface area is 114 Å². The number of fused-ring (bicyclic) bond motifs is 1. The summed E-state index contributed by atoms with van der Waals surface area (Å²) in [6.45, 7) is 4.12. The molecule has 4 heteroatoms. The Hall–Kier alpha value is -1.52. The highest BCUT2D eigenvalue weighted by atomic mass is 16.5. The Morgan fingerprint density at radius 1 is 1.26 bits per heavy atom. The largest absolute Gasteiger partial charge is 0.379 e. The van der Waals surface area contributed by atoms with Crippen LogP contribution in [0.25, 0.3) is 11.0 Å². The molecule has 1 aromatic heterocycles. The summed E-state index contributed by atoms with van der Waals surface area (Å²) < 4.78 is 5.40. The molecule has 2 aromatic rings. The van der Waals surface area contributed by atoms with Crippen LogP contribution in [-0.2, 0) is 4.74 Å². The number of aromatic nitrogens is 2. The second kappa shape index (κ2) is 5.63. The molecule has 0 bridgehead atoms. The van der Waals surface area contributed by atoms with Crippen LogP contribution in [0, 0.1) is 0 Å². The van der Waals surface area contributed by atoms with Gasteiger partial charge in [0.25, 0.3) is 0 Å². The molecule has 0 aliphatic heterocycles. The predicted molar refractivity (Wildman–Crippen MR) is 76.8 cm³/mol. The van der Waals surface area contributed by atoms with Gasteiger partial charge in [-0.2, -0.15) is 0 Å². The first kappa shape index (κ1) is 13.9. The van der Waals surface area contributed by atoms with Crippen LogP contribution in [0.1, 0.15) is 38.4 Å². The topological polar surface area (TPSA) is 61.0 Å². The fourth-order valence-corrected chi connectivity index (χ4v) is 1.90. The SMILES string of the molecule is COC(C)(C)CCC(N)c1cnc2ccccc2n1. The van der Waals surface area contributed by atoms with Crippen LogP contribution in [0.3, 0.4) is 0 Å². The fraction of sp³-hybridized carbons (Fsp3) is 0.467. The quantitative estimate of drug-likeness (QED) is 0.897. The van der Waals surface area contributed by atoms with Gasteiger partial charge in [-0.05, 0) is 38.8 Å². The lowest BCUT2D eigenvalue weighted by Gasteiger charge is -2.24. The van der Waals surface area contributed by atoms with Crippen LogP contribution in [0.15, 0.2) is 30.5 Å². The van der Waals surface area contributed by atoms with Crippen molar-refractivity contribution >= 4 is 11.0 Å². The third-order valence-corrected chi connectivity index (χ3v) is 3.46. The highest BCUT2D eigenvalue weighted by Crippen LogP contribution is 2.22. The van der Waals surface area contributed by atoms with E-state index in [0.29, 0.717) is 0 Å². The second-order valence-electron chi connectivity index (χ2n) is 5.39. The van der Waals surface area contributed by atoms with Crippen molar-refractivity contribution in [1.29, 1.82) is 0 Å². The lowest BCUT2D eigenvalue weighted by Crippen LogP contribution is -2.25. The maximum absolute atomic E-state index is 6.19. The Balaban J connectivity index is 2.11. The Kier molecular flexibility index (Phi) is 4.12. The van der Waals surface area contributed by atoms with E-state index < -0.39 is 0 Å². The summed E-state index contributed by atoms with van der Waals surface area (Å²) in [6, 6.07) is 7.72. The molecule has 1 aromatic carbocycles. The van der Waals surface area contributed by atoms with Crippen molar-refractivity contribution in [3.63, 3.8) is 0 Å². The molecule has 0 aliphatic rings. The van der Waals surface area contributed by atoms with E-state index in [1.54, 1.807) is 13.3 Å². The molecular formula is C15H21N3O. The van der Waals surface area contributed by atoms with E-state index in [0.717, 1.165) is 29.6 Å². The van der Waals surface area contributed by atoms with Crippen molar-refractivity contribution in [1.82, 2.24) is 9.97 Å². The number of rotatable bonds is 5. The first-order valence-corrected chi connectivity index (χ1v) is 6.54. The first-order chi connectivity index (χ1) is 9.02. The van der Waals surface area contributed by atoms with E-state index in [1.165, 1.54) is 0 Å². The van der Waals surface area contributed by atoms with Gasteiger partial charge in [-0.3, -0.25) is 4.98 Å². The van der Waals surface area contributed by atoms with E-state index in [1.807, 2.05) is 24.3 Å². The van der Waals surface area contributed by atoms with Crippen LogP contribution in [-0.4, -0.2) is 22.7 Å². The van der Waals surface area contributed by atoms with Crippen molar-refractivity contribution in [3.05, 3.63) is 36.2 Å². The van der Waals surface area contributed by atoms with Gasteiger partial charge in [0.2, 0.25) is 0 Å². The molecule has 0 amide bonds. The smallest absolute Gasteiger partial charge is 0.0890 e. The number of nitrogens with two attached hydrogens (primary N) is 1. The minimum atomic E-state index is -0.151. The third-order valence-electron chi connectivity index (χ3n) is 3.46. The Bertz CT molecular complexity index is 554. The van der Waals surface area contributed by atoms with E-state index >= 15 is 0 Å². The Morgan fingerprint density at radius 2 is 1.95 bits per heavy atom. The monoisotopic (exact) mass is 259 g/mol. The molecule has 0 fully saturated rings. The zero-order valence-electron chi connectivity index (χ0n) is 11.8. The van der Waals surface area contributed by atoms with E-state index in [9.17, 15) is 0 Å². The number of ether oxygens (including phenoxy) is 1. The zero-order chi connectivity index (χ0) is 13.9. The second-order valence-corrected chi connectivity index (χ2v) is 5.39. The number of methoxy groups -OCH3 is 1. The molecule has 19 heavy (non-hydrogen) atoms. The highest BCUT2D eigenvalue weighted by Gasteiger charge is 2.19. The number of benzene rings is 1. The number of nitrogens with zero attached hydrogens (tertiary/aromatic N) is 2.